The fraction of sp³-hybridized carbons (Fsp3) is 0.619. The van der Waals surface area contributed by atoms with Crippen LogP contribution in [0.5, 0.6) is 5.75 Å². The van der Waals surface area contributed by atoms with Gasteiger partial charge in [0.1, 0.15) is 5.75 Å². The lowest BCUT2D eigenvalue weighted by molar-refractivity contribution is -0.150. The molecule has 1 saturated heterocycles. The first kappa shape index (κ1) is 18.6. The van der Waals surface area contributed by atoms with Crippen molar-refractivity contribution in [2.75, 3.05) is 0 Å². The summed E-state index contributed by atoms with van der Waals surface area (Å²) >= 11 is 7.08. The number of hydrogen-bond acceptors (Lipinski definition) is 3. The van der Waals surface area contributed by atoms with Crippen molar-refractivity contribution in [2.24, 2.45) is 0 Å². The van der Waals surface area contributed by atoms with Crippen molar-refractivity contribution < 1.29 is 14.3 Å². The quantitative estimate of drug-likeness (QED) is 0.438. The van der Waals surface area contributed by atoms with Crippen LogP contribution in [0.3, 0.4) is 0 Å². The lowest BCUT2D eigenvalue weighted by atomic mass is 9.94. The van der Waals surface area contributed by atoms with Crippen LogP contribution in [0, 0.1) is 0 Å². The van der Waals surface area contributed by atoms with E-state index in [0.717, 1.165) is 64.2 Å². The van der Waals surface area contributed by atoms with E-state index in [0.29, 0.717) is 5.75 Å². The van der Waals surface area contributed by atoms with Crippen LogP contribution in [0.15, 0.2) is 30.3 Å². The molecule has 1 heterocycles. The summed E-state index contributed by atoms with van der Waals surface area (Å²) in [6.07, 6.45) is 9.97. The van der Waals surface area contributed by atoms with Gasteiger partial charge < -0.3 is 4.74 Å². The Kier molecular flexibility index (Phi) is 5.31. The van der Waals surface area contributed by atoms with Gasteiger partial charge in [-0.05, 0) is 49.4 Å². The normalized spacial score (nSPS) is 24.5. The standard InChI is InChI=1S/C21H27ClN2O3/c22-21(27-18-14-8-3-9-15-18)23(16-10-4-1-5-11-16)19(25)20(26)24(21)17-12-6-2-7-13-17/h3,8-9,14-17H,1-2,4-7,10-13H2. The van der Waals surface area contributed by atoms with E-state index in [1.807, 2.05) is 30.3 Å². The highest BCUT2D eigenvalue weighted by molar-refractivity contribution is 6.42. The van der Waals surface area contributed by atoms with Crippen molar-refractivity contribution in [3.8, 4) is 5.75 Å². The van der Waals surface area contributed by atoms with E-state index in [-0.39, 0.29) is 12.1 Å². The van der Waals surface area contributed by atoms with Crippen LogP contribution in [0.25, 0.3) is 0 Å². The third-order valence-electron chi connectivity index (χ3n) is 6.09. The first-order chi connectivity index (χ1) is 13.1. The fourth-order valence-electron chi connectivity index (χ4n) is 4.77. The first-order valence-corrected chi connectivity index (χ1v) is 10.6. The Bertz CT molecular complexity index is 648. The molecule has 1 aliphatic heterocycles. The van der Waals surface area contributed by atoms with Crippen LogP contribution in [0.4, 0.5) is 0 Å². The summed E-state index contributed by atoms with van der Waals surface area (Å²) in [4.78, 5) is 29.1. The zero-order valence-electron chi connectivity index (χ0n) is 15.6. The summed E-state index contributed by atoms with van der Waals surface area (Å²) in [6, 6.07) is 9.16. The highest BCUT2D eigenvalue weighted by Gasteiger charge is 2.62. The van der Waals surface area contributed by atoms with E-state index in [1.54, 1.807) is 0 Å². The van der Waals surface area contributed by atoms with Gasteiger partial charge in [-0.2, -0.15) is 0 Å². The highest BCUT2D eigenvalue weighted by Crippen LogP contribution is 2.43. The maximum atomic E-state index is 13.0. The molecular formula is C21H27ClN2O3. The number of nitrogens with zero attached hydrogens (tertiary/aromatic N) is 2. The second kappa shape index (κ2) is 7.70. The maximum Gasteiger partial charge on any atom is 0.354 e. The van der Waals surface area contributed by atoms with Gasteiger partial charge in [-0.3, -0.25) is 19.4 Å². The predicted octanol–water partition coefficient (Wildman–Crippen LogP) is 4.25. The summed E-state index contributed by atoms with van der Waals surface area (Å²) in [5, 5.41) is -1.57. The molecule has 2 saturated carbocycles. The second-order valence-corrected chi connectivity index (χ2v) is 8.37. The van der Waals surface area contributed by atoms with Crippen LogP contribution < -0.4 is 4.74 Å². The largest absolute Gasteiger partial charge is 0.437 e. The summed E-state index contributed by atoms with van der Waals surface area (Å²) in [7, 11) is 0. The Labute approximate surface area is 165 Å². The van der Waals surface area contributed by atoms with Crippen molar-refractivity contribution in [3.05, 3.63) is 30.3 Å². The molecular weight excluding hydrogens is 364 g/mol. The Hall–Kier alpha value is -1.75. The number of carbonyl (C=O) groups excluding carboxylic acids is 2. The first-order valence-electron chi connectivity index (χ1n) is 10.2. The van der Waals surface area contributed by atoms with Crippen molar-refractivity contribution >= 4 is 23.4 Å². The number of carbonyl (C=O) groups is 2. The molecule has 2 amide bonds. The molecule has 1 aromatic carbocycles. The molecule has 146 valence electrons. The van der Waals surface area contributed by atoms with Crippen LogP contribution in [-0.4, -0.2) is 39.0 Å². The van der Waals surface area contributed by atoms with Crippen LogP contribution >= 0.6 is 11.6 Å². The summed E-state index contributed by atoms with van der Waals surface area (Å²) in [6.45, 7) is 0. The molecule has 0 N–H and O–H groups in total. The third kappa shape index (κ3) is 3.42. The molecule has 0 radical (unpaired) electrons. The summed E-state index contributed by atoms with van der Waals surface area (Å²) < 4.78 is 6.21. The van der Waals surface area contributed by atoms with E-state index in [4.69, 9.17) is 16.3 Å². The zero-order valence-corrected chi connectivity index (χ0v) is 16.4. The van der Waals surface area contributed by atoms with E-state index in [9.17, 15) is 9.59 Å². The number of ether oxygens (including phenoxy) is 1. The van der Waals surface area contributed by atoms with Crippen molar-refractivity contribution in [1.29, 1.82) is 0 Å². The monoisotopic (exact) mass is 390 g/mol. The van der Waals surface area contributed by atoms with Crippen LogP contribution in [-0.2, 0) is 9.59 Å². The number of benzene rings is 1. The van der Waals surface area contributed by atoms with Gasteiger partial charge in [-0.1, -0.05) is 56.7 Å². The molecule has 0 spiro atoms. The predicted molar refractivity (Wildman–Crippen MR) is 103 cm³/mol. The zero-order chi connectivity index (χ0) is 18.9. The van der Waals surface area contributed by atoms with Gasteiger partial charge in [0.05, 0.1) is 0 Å². The van der Waals surface area contributed by atoms with E-state index >= 15 is 0 Å². The van der Waals surface area contributed by atoms with Gasteiger partial charge in [-0.15, -0.1) is 0 Å². The molecule has 6 heteroatoms. The van der Waals surface area contributed by atoms with Gasteiger partial charge in [-0.25, -0.2) is 0 Å². The Morgan fingerprint density at radius 3 is 1.67 bits per heavy atom. The number of amides is 2. The van der Waals surface area contributed by atoms with Crippen LogP contribution in [0.2, 0.25) is 0 Å². The van der Waals surface area contributed by atoms with Gasteiger partial charge in [0, 0.05) is 12.1 Å². The molecule has 27 heavy (non-hydrogen) atoms. The smallest absolute Gasteiger partial charge is 0.354 e. The topological polar surface area (TPSA) is 49.9 Å². The molecule has 5 nitrogen and oxygen atoms in total. The van der Waals surface area contributed by atoms with Crippen molar-refractivity contribution in [3.63, 3.8) is 0 Å². The van der Waals surface area contributed by atoms with Gasteiger partial charge in [0.25, 0.3) is 0 Å². The van der Waals surface area contributed by atoms with Gasteiger partial charge >= 0.3 is 17.1 Å². The molecule has 0 aromatic heterocycles. The SMILES string of the molecule is O=C1C(=O)N(C2CCCCC2)C(Cl)(Oc2ccccc2)N1C1CCCCC1. The van der Waals surface area contributed by atoms with E-state index in [1.165, 1.54) is 9.80 Å². The molecule has 0 atom stereocenters. The molecule has 0 unspecified atom stereocenters. The Morgan fingerprint density at radius 2 is 1.22 bits per heavy atom. The highest BCUT2D eigenvalue weighted by atomic mass is 35.5. The molecule has 4 rings (SSSR count). The number of alkyl halides is 1. The van der Waals surface area contributed by atoms with E-state index < -0.39 is 17.1 Å². The average Bonchev–Trinajstić information content (AvgIpc) is 2.89. The number of halogens is 1. The Morgan fingerprint density at radius 1 is 0.778 bits per heavy atom. The minimum absolute atomic E-state index is 0.0509. The van der Waals surface area contributed by atoms with Gasteiger partial charge in [0.2, 0.25) is 0 Å². The van der Waals surface area contributed by atoms with E-state index in [2.05, 4.69) is 0 Å². The summed E-state index contributed by atoms with van der Waals surface area (Å²) in [5.74, 6) is -0.464. The molecule has 3 fully saturated rings. The maximum absolute atomic E-state index is 13.0. The minimum atomic E-state index is -1.57. The Balaban J connectivity index is 1.71. The number of hydrogen-bond donors (Lipinski definition) is 0. The third-order valence-corrected chi connectivity index (χ3v) is 6.53. The number of para-hydroxylation sites is 1. The van der Waals surface area contributed by atoms with Crippen LogP contribution in [0.1, 0.15) is 64.2 Å². The average molecular weight is 391 g/mol. The second-order valence-electron chi connectivity index (χ2n) is 7.88. The minimum Gasteiger partial charge on any atom is -0.437 e. The molecule has 3 aliphatic rings. The molecule has 2 aliphatic carbocycles. The molecule has 0 bridgehead atoms. The lowest BCUT2D eigenvalue weighted by Crippen LogP contribution is -2.60. The number of rotatable bonds is 4. The fourth-order valence-corrected chi connectivity index (χ4v) is 5.29. The van der Waals surface area contributed by atoms with Crippen molar-refractivity contribution in [2.45, 2.75) is 81.6 Å². The summed E-state index contributed by atoms with van der Waals surface area (Å²) in [5.41, 5.74) is 0. The van der Waals surface area contributed by atoms with Gasteiger partial charge in [0.15, 0.2) is 0 Å². The molecule has 1 aromatic rings. The van der Waals surface area contributed by atoms with Crippen molar-refractivity contribution in [1.82, 2.24) is 9.80 Å². The lowest BCUT2D eigenvalue weighted by Gasteiger charge is -2.44.